The molecule has 1 fully saturated rings. The summed E-state index contributed by atoms with van der Waals surface area (Å²) in [4.78, 5) is 26.1. The maximum atomic E-state index is 12.6. The second-order valence-electron chi connectivity index (χ2n) is 7.25. The van der Waals surface area contributed by atoms with E-state index in [2.05, 4.69) is 5.32 Å². The molecule has 29 heavy (non-hydrogen) atoms. The minimum Gasteiger partial charge on any atom is -0.472 e. The number of rotatable bonds is 6. The Morgan fingerprint density at radius 1 is 1.10 bits per heavy atom. The Hall–Kier alpha value is -2.77. The van der Waals surface area contributed by atoms with E-state index in [-0.39, 0.29) is 18.2 Å². The fourth-order valence-electron chi connectivity index (χ4n) is 3.37. The summed E-state index contributed by atoms with van der Waals surface area (Å²) < 4.78 is 42.6. The van der Waals surface area contributed by atoms with Crippen molar-refractivity contribution in [2.75, 3.05) is 19.6 Å². The lowest BCUT2D eigenvalue weighted by atomic mass is 9.96. The van der Waals surface area contributed by atoms with Crippen LogP contribution in [0.15, 0.2) is 47.3 Å². The lowest BCUT2D eigenvalue weighted by molar-refractivity contribution is -0.137. The van der Waals surface area contributed by atoms with Crippen LogP contribution in [-0.2, 0) is 17.4 Å². The zero-order valence-electron chi connectivity index (χ0n) is 15.9. The Morgan fingerprint density at radius 2 is 1.79 bits per heavy atom. The molecule has 0 spiro atoms. The van der Waals surface area contributed by atoms with Gasteiger partial charge in [-0.05, 0) is 48.9 Å². The molecule has 156 valence electrons. The number of nitrogens with one attached hydrogen (secondary N) is 1. The summed E-state index contributed by atoms with van der Waals surface area (Å²) in [5.74, 6) is 0.137. The number of hydrogen-bond donors (Lipinski definition) is 1. The van der Waals surface area contributed by atoms with Crippen LogP contribution in [0.5, 0.6) is 0 Å². The molecule has 2 heterocycles. The lowest BCUT2D eigenvalue weighted by Crippen LogP contribution is -2.41. The quantitative estimate of drug-likeness (QED) is 0.789. The van der Waals surface area contributed by atoms with E-state index in [1.807, 2.05) is 0 Å². The zero-order valence-corrected chi connectivity index (χ0v) is 15.9. The van der Waals surface area contributed by atoms with Crippen LogP contribution in [0, 0.1) is 5.92 Å². The SMILES string of the molecule is O=C(CCc1ccc(C(F)(F)F)cc1)NCC1CCN(C(=O)c2ccoc2)CC1. The van der Waals surface area contributed by atoms with E-state index in [1.165, 1.54) is 24.7 Å². The third-order valence-corrected chi connectivity index (χ3v) is 5.18. The van der Waals surface area contributed by atoms with Gasteiger partial charge in [0.1, 0.15) is 6.26 Å². The van der Waals surface area contributed by atoms with E-state index in [0.717, 1.165) is 25.0 Å². The molecular formula is C21H23F3N2O3. The first-order valence-electron chi connectivity index (χ1n) is 9.57. The fraction of sp³-hybridized carbons (Fsp3) is 0.429. The van der Waals surface area contributed by atoms with Gasteiger partial charge in [-0.1, -0.05) is 12.1 Å². The molecule has 1 aromatic carbocycles. The van der Waals surface area contributed by atoms with Crippen molar-refractivity contribution in [2.45, 2.75) is 31.9 Å². The number of amides is 2. The highest BCUT2D eigenvalue weighted by Crippen LogP contribution is 2.29. The van der Waals surface area contributed by atoms with Crippen LogP contribution in [0.3, 0.4) is 0 Å². The monoisotopic (exact) mass is 408 g/mol. The first-order chi connectivity index (χ1) is 13.8. The Bertz CT molecular complexity index is 809. The summed E-state index contributed by atoms with van der Waals surface area (Å²) in [5.41, 5.74) is 0.544. The number of nitrogens with zero attached hydrogens (tertiary/aromatic N) is 1. The predicted octanol–water partition coefficient (Wildman–Crippen LogP) is 3.90. The molecule has 1 aliphatic heterocycles. The first-order valence-corrected chi connectivity index (χ1v) is 9.57. The summed E-state index contributed by atoms with van der Waals surface area (Å²) in [6.07, 6.45) is 0.788. The van der Waals surface area contributed by atoms with Gasteiger partial charge in [-0.2, -0.15) is 13.2 Å². The van der Waals surface area contributed by atoms with E-state index >= 15 is 0 Å². The molecule has 2 aromatic rings. The number of hydrogen-bond acceptors (Lipinski definition) is 3. The fourth-order valence-corrected chi connectivity index (χ4v) is 3.37. The van der Waals surface area contributed by atoms with Gasteiger partial charge in [0.25, 0.3) is 5.91 Å². The maximum Gasteiger partial charge on any atom is 0.416 e. The second kappa shape index (κ2) is 9.15. The Morgan fingerprint density at radius 3 is 2.38 bits per heavy atom. The normalized spacial score (nSPS) is 15.3. The number of benzene rings is 1. The standard InChI is InChI=1S/C21H23F3N2O3/c22-21(23,24)18-4-1-15(2-5-18)3-6-19(27)25-13-16-7-10-26(11-8-16)20(28)17-9-12-29-14-17/h1-2,4-5,9,12,14,16H,3,6-8,10-11,13H2,(H,25,27). The van der Waals surface area contributed by atoms with E-state index in [4.69, 9.17) is 4.42 Å². The van der Waals surface area contributed by atoms with Crippen LogP contribution in [0.4, 0.5) is 13.2 Å². The highest BCUT2D eigenvalue weighted by atomic mass is 19.4. The van der Waals surface area contributed by atoms with Crippen LogP contribution >= 0.6 is 0 Å². The predicted molar refractivity (Wildman–Crippen MR) is 100 cm³/mol. The van der Waals surface area contributed by atoms with Gasteiger partial charge in [0, 0.05) is 26.1 Å². The molecule has 1 aliphatic rings. The van der Waals surface area contributed by atoms with Crippen LogP contribution in [0.25, 0.3) is 0 Å². The van der Waals surface area contributed by atoms with Crippen LogP contribution in [0.1, 0.15) is 40.7 Å². The summed E-state index contributed by atoms with van der Waals surface area (Å²) in [6, 6.07) is 6.52. The molecule has 3 rings (SSSR count). The molecule has 1 aromatic heterocycles. The highest BCUT2D eigenvalue weighted by Gasteiger charge is 2.30. The van der Waals surface area contributed by atoms with Gasteiger partial charge >= 0.3 is 6.18 Å². The van der Waals surface area contributed by atoms with Crippen molar-refractivity contribution in [1.82, 2.24) is 10.2 Å². The van der Waals surface area contributed by atoms with Gasteiger partial charge in [0.2, 0.25) is 5.91 Å². The molecule has 0 radical (unpaired) electrons. The summed E-state index contributed by atoms with van der Waals surface area (Å²) in [5, 5.41) is 2.89. The minimum absolute atomic E-state index is 0.0437. The van der Waals surface area contributed by atoms with Crippen molar-refractivity contribution in [3.05, 3.63) is 59.5 Å². The van der Waals surface area contributed by atoms with Crippen molar-refractivity contribution in [3.63, 3.8) is 0 Å². The van der Waals surface area contributed by atoms with Gasteiger partial charge in [-0.3, -0.25) is 9.59 Å². The molecule has 1 saturated heterocycles. The minimum atomic E-state index is -4.35. The number of alkyl halides is 3. The number of piperidine rings is 1. The molecule has 0 atom stereocenters. The molecule has 1 N–H and O–H groups in total. The molecule has 8 heteroatoms. The Labute approximate surface area is 166 Å². The third kappa shape index (κ3) is 5.85. The number of furan rings is 1. The third-order valence-electron chi connectivity index (χ3n) is 5.18. The average Bonchev–Trinajstić information content (AvgIpc) is 3.25. The van der Waals surface area contributed by atoms with Gasteiger partial charge < -0.3 is 14.6 Å². The van der Waals surface area contributed by atoms with Crippen molar-refractivity contribution >= 4 is 11.8 Å². The zero-order chi connectivity index (χ0) is 20.9. The van der Waals surface area contributed by atoms with E-state index in [9.17, 15) is 22.8 Å². The Kier molecular flexibility index (Phi) is 6.61. The van der Waals surface area contributed by atoms with E-state index in [0.29, 0.717) is 43.1 Å². The number of carbonyl (C=O) groups excluding carboxylic acids is 2. The number of likely N-dealkylation sites (tertiary alicyclic amines) is 1. The van der Waals surface area contributed by atoms with Gasteiger partial charge in [0.05, 0.1) is 17.4 Å². The highest BCUT2D eigenvalue weighted by molar-refractivity contribution is 5.93. The Balaban J connectivity index is 1.35. The molecular weight excluding hydrogens is 385 g/mol. The van der Waals surface area contributed by atoms with Crippen LogP contribution in [-0.4, -0.2) is 36.3 Å². The van der Waals surface area contributed by atoms with Gasteiger partial charge in [-0.25, -0.2) is 0 Å². The summed E-state index contributed by atoms with van der Waals surface area (Å²) in [6.45, 7) is 1.81. The number of halogens is 3. The van der Waals surface area contributed by atoms with Crippen molar-refractivity contribution < 1.29 is 27.2 Å². The van der Waals surface area contributed by atoms with Gasteiger partial charge in [0.15, 0.2) is 0 Å². The molecule has 0 saturated carbocycles. The average molecular weight is 408 g/mol. The van der Waals surface area contributed by atoms with Crippen molar-refractivity contribution in [3.8, 4) is 0 Å². The van der Waals surface area contributed by atoms with Crippen LogP contribution in [0.2, 0.25) is 0 Å². The molecule has 0 bridgehead atoms. The molecule has 0 aliphatic carbocycles. The van der Waals surface area contributed by atoms with Crippen molar-refractivity contribution in [2.24, 2.45) is 5.92 Å². The maximum absolute atomic E-state index is 12.6. The lowest BCUT2D eigenvalue weighted by Gasteiger charge is -2.31. The van der Waals surface area contributed by atoms with E-state index < -0.39 is 11.7 Å². The van der Waals surface area contributed by atoms with Crippen molar-refractivity contribution in [1.29, 1.82) is 0 Å². The topological polar surface area (TPSA) is 62.6 Å². The second-order valence-corrected chi connectivity index (χ2v) is 7.25. The van der Waals surface area contributed by atoms with Crippen LogP contribution < -0.4 is 5.32 Å². The molecule has 2 amide bonds. The smallest absolute Gasteiger partial charge is 0.416 e. The van der Waals surface area contributed by atoms with Gasteiger partial charge in [-0.15, -0.1) is 0 Å². The first kappa shape index (κ1) is 21.0. The molecule has 0 unspecified atom stereocenters. The molecule has 5 nitrogen and oxygen atoms in total. The largest absolute Gasteiger partial charge is 0.472 e. The summed E-state index contributed by atoms with van der Waals surface area (Å²) >= 11 is 0. The number of carbonyl (C=O) groups is 2. The van der Waals surface area contributed by atoms with E-state index in [1.54, 1.807) is 11.0 Å². The number of aryl methyl sites for hydroxylation is 1. The summed E-state index contributed by atoms with van der Waals surface area (Å²) in [7, 11) is 0.